The molecule has 32 heavy (non-hydrogen) atoms. The third-order valence-electron chi connectivity index (χ3n) is 6.80. The van der Waals surface area contributed by atoms with Gasteiger partial charge in [-0.1, -0.05) is 43.3 Å². The lowest BCUT2D eigenvalue weighted by Crippen LogP contribution is -2.37. The molecule has 2 aromatic carbocycles. The van der Waals surface area contributed by atoms with Gasteiger partial charge in [-0.15, -0.1) is 0 Å². The average Bonchev–Trinajstić information content (AvgIpc) is 3.30. The molecule has 0 aliphatic carbocycles. The maximum atomic E-state index is 13.1. The summed E-state index contributed by atoms with van der Waals surface area (Å²) in [6, 6.07) is 14.2. The number of anilines is 1. The van der Waals surface area contributed by atoms with Gasteiger partial charge in [-0.25, -0.2) is 0 Å². The molecule has 3 aromatic rings. The van der Waals surface area contributed by atoms with E-state index in [4.69, 9.17) is 0 Å². The summed E-state index contributed by atoms with van der Waals surface area (Å²) in [4.78, 5) is 29.8. The number of para-hydroxylation sites is 2. The molecule has 0 N–H and O–H groups in total. The van der Waals surface area contributed by atoms with Crippen molar-refractivity contribution in [2.24, 2.45) is 0 Å². The Labute approximate surface area is 188 Å². The lowest BCUT2D eigenvalue weighted by molar-refractivity contribution is -0.132. The van der Waals surface area contributed by atoms with Crippen LogP contribution in [0.25, 0.3) is 22.6 Å². The molecular formula is C27H29N3O2. The van der Waals surface area contributed by atoms with Gasteiger partial charge in [-0.3, -0.25) is 9.59 Å². The van der Waals surface area contributed by atoms with E-state index in [1.807, 2.05) is 48.5 Å². The summed E-state index contributed by atoms with van der Waals surface area (Å²) >= 11 is 0. The monoisotopic (exact) mass is 427 g/mol. The molecule has 164 valence electrons. The number of hydrogen-bond acceptors (Lipinski definition) is 2. The zero-order valence-electron chi connectivity index (χ0n) is 18.8. The highest BCUT2D eigenvalue weighted by Gasteiger charge is 2.29. The number of aryl methyl sites for hydroxylation is 1. The lowest BCUT2D eigenvalue weighted by Gasteiger charge is -2.27. The van der Waals surface area contributed by atoms with E-state index in [0.717, 1.165) is 60.1 Å². The van der Waals surface area contributed by atoms with Gasteiger partial charge in [-0.05, 0) is 43.4 Å². The predicted octanol–water partition coefficient (Wildman–Crippen LogP) is 4.73. The quantitative estimate of drug-likeness (QED) is 0.565. The molecule has 5 heteroatoms. The molecule has 2 aliphatic heterocycles. The van der Waals surface area contributed by atoms with Crippen LogP contribution in [0, 0.1) is 0 Å². The number of rotatable bonds is 4. The van der Waals surface area contributed by atoms with Crippen LogP contribution in [-0.2, 0) is 22.6 Å². The smallest absolute Gasteiger partial charge is 0.258 e. The fourth-order valence-corrected chi connectivity index (χ4v) is 5.07. The third-order valence-corrected chi connectivity index (χ3v) is 6.80. The molecule has 0 spiro atoms. The van der Waals surface area contributed by atoms with Crippen LogP contribution in [0.15, 0.2) is 48.7 Å². The van der Waals surface area contributed by atoms with E-state index in [1.165, 1.54) is 12.0 Å². The van der Waals surface area contributed by atoms with Gasteiger partial charge < -0.3 is 14.4 Å². The summed E-state index contributed by atoms with van der Waals surface area (Å²) in [7, 11) is 1.82. The summed E-state index contributed by atoms with van der Waals surface area (Å²) in [5.41, 5.74) is 5.88. The molecule has 3 heterocycles. The fourth-order valence-electron chi connectivity index (χ4n) is 5.07. The molecule has 1 saturated heterocycles. The zero-order valence-corrected chi connectivity index (χ0v) is 18.8. The summed E-state index contributed by atoms with van der Waals surface area (Å²) in [5, 5.41) is 1.09. The van der Waals surface area contributed by atoms with Gasteiger partial charge in [0.15, 0.2) is 0 Å². The first-order valence-electron chi connectivity index (χ1n) is 11.6. The van der Waals surface area contributed by atoms with E-state index in [0.29, 0.717) is 12.1 Å². The van der Waals surface area contributed by atoms with Crippen molar-refractivity contribution in [1.29, 1.82) is 0 Å². The highest BCUT2D eigenvalue weighted by atomic mass is 16.2. The van der Waals surface area contributed by atoms with E-state index < -0.39 is 0 Å². The zero-order chi connectivity index (χ0) is 22.2. The Morgan fingerprint density at radius 2 is 1.81 bits per heavy atom. The Morgan fingerprint density at radius 3 is 2.59 bits per heavy atom. The summed E-state index contributed by atoms with van der Waals surface area (Å²) in [6.45, 7) is 4.18. The largest absolute Gasteiger partial charge is 0.341 e. The minimum atomic E-state index is 0.00291. The molecule has 1 aromatic heterocycles. The van der Waals surface area contributed by atoms with Crippen LogP contribution < -0.4 is 4.90 Å². The lowest BCUT2D eigenvalue weighted by atomic mass is 10.0. The number of fused-ring (bicyclic) bond motifs is 2. The molecule has 5 nitrogen and oxygen atoms in total. The number of nitrogens with zero attached hydrogens (tertiary/aromatic N) is 3. The van der Waals surface area contributed by atoms with E-state index in [9.17, 15) is 9.59 Å². The second-order valence-electron chi connectivity index (χ2n) is 8.76. The Hall–Kier alpha value is -3.34. The van der Waals surface area contributed by atoms with E-state index in [1.54, 1.807) is 4.90 Å². The van der Waals surface area contributed by atoms with Gasteiger partial charge in [0.1, 0.15) is 6.54 Å². The van der Waals surface area contributed by atoms with Crippen LogP contribution >= 0.6 is 0 Å². The molecule has 0 saturated carbocycles. The minimum Gasteiger partial charge on any atom is -0.341 e. The van der Waals surface area contributed by atoms with E-state index in [2.05, 4.69) is 29.7 Å². The Morgan fingerprint density at radius 1 is 1.03 bits per heavy atom. The Kier molecular flexibility index (Phi) is 5.33. The first-order chi connectivity index (χ1) is 15.6. The number of carbonyl (C=O) groups is 2. The van der Waals surface area contributed by atoms with E-state index >= 15 is 0 Å². The topological polar surface area (TPSA) is 45.6 Å². The molecule has 0 bridgehead atoms. The van der Waals surface area contributed by atoms with Gasteiger partial charge in [0.2, 0.25) is 5.91 Å². The molecule has 2 aliphatic rings. The standard InChI is InChI=1S/C27H29N3O2/c1-3-19-10-9-12-21-20(16-23-22-11-5-6-13-24(22)28(2)27(23)32)17-30(26(19)21)18-25(31)29-14-7-4-8-15-29/h5-6,9-13,16-17H,3-4,7-8,14-15,18H2,1-2H3/b23-16+. The predicted molar refractivity (Wildman–Crippen MR) is 129 cm³/mol. The van der Waals surface area contributed by atoms with Crippen LogP contribution in [0.5, 0.6) is 0 Å². The van der Waals surface area contributed by atoms with Crippen LogP contribution in [0.3, 0.4) is 0 Å². The third kappa shape index (κ3) is 3.42. The van der Waals surface area contributed by atoms with E-state index in [-0.39, 0.29) is 11.8 Å². The normalized spacial score (nSPS) is 17.4. The van der Waals surface area contributed by atoms with Crippen molar-refractivity contribution in [3.8, 4) is 0 Å². The highest BCUT2D eigenvalue weighted by molar-refractivity contribution is 6.36. The van der Waals surface area contributed by atoms with Gasteiger partial charge in [0.05, 0.1) is 11.2 Å². The number of benzene rings is 2. The van der Waals surface area contributed by atoms with Crippen molar-refractivity contribution in [3.63, 3.8) is 0 Å². The van der Waals surface area contributed by atoms with Crippen LogP contribution in [0.4, 0.5) is 5.69 Å². The van der Waals surface area contributed by atoms with Crippen molar-refractivity contribution in [2.45, 2.75) is 39.2 Å². The van der Waals surface area contributed by atoms with Gasteiger partial charge in [0.25, 0.3) is 5.91 Å². The van der Waals surface area contributed by atoms with Crippen LogP contribution in [0.1, 0.15) is 42.9 Å². The van der Waals surface area contributed by atoms with Crippen LogP contribution in [-0.4, -0.2) is 41.4 Å². The second-order valence-corrected chi connectivity index (χ2v) is 8.76. The number of likely N-dealkylation sites (N-methyl/N-ethyl adjacent to an activating group) is 1. The number of likely N-dealkylation sites (tertiary alicyclic amines) is 1. The SMILES string of the molecule is CCc1cccc2c(/C=C3/C(=O)N(C)c4ccccc43)cn(CC(=O)N3CCCCC3)c12. The molecule has 1 fully saturated rings. The van der Waals surface area contributed by atoms with Crippen LogP contribution in [0.2, 0.25) is 0 Å². The second kappa shape index (κ2) is 8.30. The molecule has 2 amide bonds. The number of amides is 2. The average molecular weight is 428 g/mol. The first-order valence-corrected chi connectivity index (χ1v) is 11.6. The molecule has 0 unspecified atom stereocenters. The fraction of sp³-hybridized carbons (Fsp3) is 0.333. The summed E-state index contributed by atoms with van der Waals surface area (Å²) < 4.78 is 2.09. The number of aromatic nitrogens is 1. The van der Waals surface area contributed by atoms with Crippen molar-refractivity contribution in [3.05, 3.63) is 65.4 Å². The van der Waals surface area contributed by atoms with Crippen molar-refractivity contribution in [2.75, 3.05) is 25.0 Å². The van der Waals surface area contributed by atoms with Gasteiger partial charge >= 0.3 is 0 Å². The maximum absolute atomic E-state index is 13.1. The minimum absolute atomic E-state index is 0.00291. The van der Waals surface area contributed by atoms with Crippen molar-refractivity contribution >= 4 is 40.1 Å². The molecule has 5 rings (SSSR count). The Balaban J connectivity index is 1.60. The summed E-state index contributed by atoms with van der Waals surface area (Å²) in [5.74, 6) is 0.178. The van der Waals surface area contributed by atoms with Crippen molar-refractivity contribution in [1.82, 2.24) is 9.47 Å². The Bertz CT molecular complexity index is 1230. The molecule has 0 radical (unpaired) electrons. The maximum Gasteiger partial charge on any atom is 0.258 e. The number of carbonyl (C=O) groups excluding carboxylic acids is 2. The highest BCUT2D eigenvalue weighted by Crippen LogP contribution is 2.38. The van der Waals surface area contributed by atoms with Gasteiger partial charge in [-0.2, -0.15) is 0 Å². The first kappa shape index (κ1) is 20.6. The molecular weight excluding hydrogens is 398 g/mol. The summed E-state index contributed by atoms with van der Waals surface area (Å²) in [6.07, 6.45) is 8.31. The number of hydrogen-bond donors (Lipinski definition) is 0. The number of piperidine rings is 1. The van der Waals surface area contributed by atoms with Gasteiger partial charge in [0, 0.05) is 48.4 Å². The molecule has 0 atom stereocenters. The van der Waals surface area contributed by atoms with Crippen molar-refractivity contribution < 1.29 is 9.59 Å².